The Labute approximate surface area is 297 Å². The van der Waals surface area contributed by atoms with E-state index >= 15 is 0 Å². The standard InChI is InChI=1S/C45H33BN2O2Si/c1-51(2,3)30-22-39-45-40(23-30)48(29-16-8-5-9-17-29)38-27-44-34(32-19-11-13-21-42(32)50-44)25-36(38)46(45)35-24-33-31-18-10-12-20-41(31)49-43(33)26-37(35)47(39)28-14-6-4-7-15-28/h4-27H,1-3H3. The molecular weight excluding hydrogens is 639 g/mol. The van der Waals surface area contributed by atoms with Crippen LogP contribution in [0.4, 0.5) is 34.1 Å². The van der Waals surface area contributed by atoms with Gasteiger partial charge in [-0.15, -0.1) is 0 Å². The van der Waals surface area contributed by atoms with Crippen molar-refractivity contribution in [2.45, 2.75) is 19.6 Å². The van der Waals surface area contributed by atoms with Crippen molar-refractivity contribution in [2.24, 2.45) is 0 Å². The molecule has 4 heterocycles. The molecule has 0 N–H and O–H groups in total. The molecule has 0 unspecified atom stereocenters. The molecule has 11 rings (SSSR count). The van der Waals surface area contributed by atoms with Crippen LogP contribution in [0.25, 0.3) is 43.9 Å². The third-order valence-electron chi connectivity index (χ3n) is 11.0. The van der Waals surface area contributed by atoms with E-state index in [1.807, 2.05) is 0 Å². The molecule has 2 aromatic heterocycles. The molecule has 6 heteroatoms. The highest BCUT2D eigenvalue weighted by Gasteiger charge is 2.45. The van der Waals surface area contributed by atoms with Crippen LogP contribution in [0, 0.1) is 0 Å². The van der Waals surface area contributed by atoms with E-state index in [4.69, 9.17) is 8.83 Å². The van der Waals surface area contributed by atoms with E-state index in [0.29, 0.717) is 0 Å². The second-order valence-corrected chi connectivity index (χ2v) is 20.0. The number of fused-ring (bicyclic) bond motifs is 10. The lowest BCUT2D eigenvalue weighted by Gasteiger charge is -2.45. The molecule has 242 valence electrons. The van der Waals surface area contributed by atoms with Gasteiger partial charge in [-0.25, -0.2) is 0 Å². The fourth-order valence-corrected chi connectivity index (χ4v) is 9.71. The molecule has 4 nitrogen and oxygen atoms in total. The Balaban J connectivity index is 1.33. The van der Waals surface area contributed by atoms with E-state index in [2.05, 4.69) is 175 Å². The molecule has 0 fully saturated rings. The van der Waals surface area contributed by atoms with Crippen LogP contribution in [0.15, 0.2) is 154 Å². The molecule has 0 bridgehead atoms. The van der Waals surface area contributed by atoms with Gasteiger partial charge in [-0.1, -0.05) is 110 Å². The minimum absolute atomic E-state index is 0.0215. The Kier molecular flexibility index (Phi) is 5.81. The van der Waals surface area contributed by atoms with E-state index in [9.17, 15) is 0 Å². The zero-order valence-electron chi connectivity index (χ0n) is 28.6. The quantitative estimate of drug-likeness (QED) is 0.175. The number of hydrogen-bond donors (Lipinski definition) is 0. The van der Waals surface area contributed by atoms with Crippen molar-refractivity contribution in [1.29, 1.82) is 0 Å². The fraction of sp³-hybridized carbons (Fsp3) is 0.0667. The first-order chi connectivity index (χ1) is 24.9. The summed E-state index contributed by atoms with van der Waals surface area (Å²) in [6.45, 7) is 7.32. The molecule has 51 heavy (non-hydrogen) atoms. The summed E-state index contributed by atoms with van der Waals surface area (Å²) in [5.74, 6) is 0. The van der Waals surface area contributed by atoms with Crippen LogP contribution >= 0.6 is 0 Å². The molecule has 7 aromatic carbocycles. The zero-order chi connectivity index (χ0) is 34.0. The van der Waals surface area contributed by atoms with Crippen molar-refractivity contribution in [1.82, 2.24) is 0 Å². The fourth-order valence-electron chi connectivity index (χ4n) is 8.57. The molecule has 0 atom stereocenters. The molecule has 2 aliphatic rings. The summed E-state index contributed by atoms with van der Waals surface area (Å²) in [5.41, 5.74) is 14.5. The molecule has 0 saturated carbocycles. The molecule has 0 saturated heterocycles. The summed E-state index contributed by atoms with van der Waals surface area (Å²) < 4.78 is 13.1. The smallest absolute Gasteiger partial charge is 0.252 e. The topological polar surface area (TPSA) is 32.8 Å². The van der Waals surface area contributed by atoms with Gasteiger partial charge in [0, 0.05) is 67.8 Å². The molecule has 0 aliphatic carbocycles. The number of nitrogens with zero attached hydrogens (tertiary/aromatic N) is 2. The summed E-state index contributed by atoms with van der Waals surface area (Å²) in [6.07, 6.45) is 0. The van der Waals surface area contributed by atoms with E-state index in [1.165, 1.54) is 32.9 Å². The second-order valence-electron chi connectivity index (χ2n) is 15.0. The van der Waals surface area contributed by atoms with Crippen LogP contribution in [-0.4, -0.2) is 14.8 Å². The van der Waals surface area contributed by atoms with E-state index in [0.717, 1.165) is 66.6 Å². The van der Waals surface area contributed by atoms with Crippen molar-refractivity contribution in [3.63, 3.8) is 0 Å². The molecule has 9 aromatic rings. The molecule has 0 spiro atoms. The van der Waals surface area contributed by atoms with Crippen LogP contribution in [0.2, 0.25) is 19.6 Å². The highest BCUT2D eigenvalue weighted by Crippen LogP contribution is 2.46. The second kappa shape index (κ2) is 10.3. The summed E-state index contributed by atoms with van der Waals surface area (Å²) in [6, 6.07) is 52.9. The van der Waals surface area contributed by atoms with Crippen molar-refractivity contribution >= 4 is 114 Å². The SMILES string of the molecule is C[Si](C)(C)c1cc2c3c(c1)N(c1ccccc1)c1cc4oc5ccccc5c4cc1B3c1cc3c(cc1N2c1ccccc1)oc1ccccc13. The van der Waals surface area contributed by atoms with Crippen molar-refractivity contribution in [3.05, 3.63) is 146 Å². The highest BCUT2D eigenvalue weighted by molar-refractivity contribution is 7.01. The number of anilines is 6. The summed E-state index contributed by atoms with van der Waals surface area (Å²) in [7, 11) is -1.80. The first-order valence-electron chi connectivity index (χ1n) is 17.7. The van der Waals surface area contributed by atoms with Gasteiger partial charge in [-0.2, -0.15) is 0 Å². The number of hydrogen-bond acceptors (Lipinski definition) is 4. The Morgan fingerprint density at radius 3 is 1.31 bits per heavy atom. The van der Waals surface area contributed by atoms with Crippen LogP contribution in [-0.2, 0) is 0 Å². The van der Waals surface area contributed by atoms with Gasteiger partial charge in [0.2, 0.25) is 0 Å². The molecule has 2 aliphatic heterocycles. The highest BCUT2D eigenvalue weighted by atomic mass is 28.3. The van der Waals surface area contributed by atoms with Gasteiger partial charge in [0.25, 0.3) is 6.71 Å². The maximum atomic E-state index is 6.57. The van der Waals surface area contributed by atoms with Crippen molar-refractivity contribution in [3.8, 4) is 0 Å². The average molecular weight is 673 g/mol. The minimum atomic E-state index is -1.80. The molecular formula is C45H33BN2O2Si. The van der Waals surface area contributed by atoms with Gasteiger partial charge in [-0.3, -0.25) is 0 Å². The van der Waals surface area contributed by atoms with Gasteiger partial charge < -0.3 is 18.6 Å². The van der Waals surface area contributed by atoms with Crippen LogP contribution in [0.1, 0.15) is 0 Å². The van der Waals surface area contributed by atoms with Crippen LogP contribution in [0.3, 0.4) is 0 Å². The Morgan fingerprint density at radius 2 is 0.863 bits per heavy atom. The molecule has 0 radical (unpaired) electrons. The Morgan fingerprint density at radius 1 is 0.431 bits per heavy atom. The zero-order valence-corrected chi connectivity index (χ0v) is 29.6. The largest absolute Gasteiger partial charge is 0.456 e. The first kappa shape index (κ1) is 28.8. The van der Waals surface area contributed by atoms with Crippen molar-refractivity contribution < 1.29 is 8.83 Å². The lowest BCUT2D eigenvalue weighted by molar-refractivity contribution is 0.668. The summed E-state index contributed by atoms with van der Waals surface area (Å²) in [4.78, 5) is 4.97. The number of furan rings is 2. The van der Waals surface area contributed by atoms with Gasteiger partial charge >= 0.3 is 0 Å². The predicted octanol–water partition coefficient (Wildman–Crippen LogP) is 10.1. The third-order valence-corrected chi connectivity index (χ3v) is 13.0. The minimum Gasteiger partial charge on any atom is -0.456 e. The summed E-state index contributed by atoms with van der Waals surface area (Å²) >= 11 is 0. The predicted molar refractivity (Wildman–Crippen MR) is 218 cm³/mol. The van der Waals surface area contributed by atoms with E-state index in [-0.39, 0.29) is 6.71 Å². The summed E-state index contributed by atoms with van der Waals surface area (Å²) in [5, 5.41) is 5.98. The Bertz CT molecular complexity index is 2680. The van der Waals surface area contributed by atoms with E-state index in [1.54, 1.807) is 0 Å². The Hall–Kier alpha value is -5.98. The third kappa shape index (κ3) is 4.08. The van der Waals surface area contributed by atoms with Gasteiger partial charge in [0.05, 0.1) is 8.07 Å². The van der Waals surface area contributed by atoms with Crippen LogP contribution < -0.4 is 31.4 Å². The molecule has 0 amide bonds. The maximum absolute atomic E-state index is 6.57. The lowest BCUT2D eigenvalue weighted by atomic mass is 9.33. The number of para-hydroxylation sites is 4. The monoisotopic (exact) mass is 672 g/mol. The average Bonchev–Trinajstić information content (AvgIpc) is 3.70. The normalized spacial score (nSPS) is 13.7. The van der Waals surface area contributed by atoms with E-state index < -0.39 is 8.07 Å². The maximum Gasteiger partial charge on any atom is 0.252 e. The lowest BCUT2D eigenvalue weighted by Crippen LogP contribution is -2.62. The van der Waals surface area contributed by atoms with Gasteiger partial charge in [0.1, 0.15) is 22.3 Å². The number of rotatable bonds is 3. The van der Waals surface area contributed by atoms with Gasteiger partial charge in [-0.05, 0) is 64.9 Å². The number of benzene rings is 7. The first-order valence-corrected chi connectivity index (χ1v) is 21.2. The van der Waals surface area contributed by atoms with Gasteiger partial charge in [0.15, 0.2) is 0 Å². The van der Waals surface area contributed by atoms with Crippen molar-refractivity contribution in [2.75, 3.05) is 9.80 Å². The van der Waals surface area contributed by atoms with Crippen LogP contribution in [0.5, 0.6) is 0 Å².